The normalized spacial score (nSPS) is 17.4. The Hall–Kier alpha value is -0.470. The van der Waals surface area contributed by atoms with Crippen molar-refractivity contribution in [2.45, 2.75) is 12.5 Å². The van der Waals surface area contributed by atoms with E-state index in [-0.39, 0.29) is 12.0 Å². The van der Waals surface area contributed by atoms with Gasteiger partial charge in [0, 0.05) is 6.20 Å². The third-order valence-electron chi connectivity index (χ3n) is 2.15. The maximum absolute atomic E-state index is 12.7. The third kappa shape index (κ3) is 3.26. The lowest BCUT2D eigenvalue weighted by molar-refractivity contribution is 0.264. The van der Waals surface area contributed by atoms with Crippen LogP contribution in [0.25, 0.3) is 0 Å². The first-order valence-corrected chi connectivity index (χ1v) is 9.57. The molecule has 0 aliphatic heterocycles. The van der Waals surface area contributed by atoms with Crippen LogP contribution in [0.4, 0.5) is 0 Å². The molecule has 0 fully saturated rings. The minimum atomic E-state index is -3.60. The van der Waals surface area contributed by atoms with Crippen molar-refractivity contribution in [3.05, 3.63) is 24.4 Å². The lowest BCUT2D eigenvalue weighted by atomic mass is 10.5. The van der Waals surface area contributed by atoms with Crippen LogP contribution in [0.5, 0.6) is 0 Å². The van der Waals surface area contributed by atoms with Crippen LogP contribution >= 0.6 is 14.5 Å². The molecule has 96 valence electrons. The molecule has 1 N–H and O–H groups in total. The number of aliphatic hydroxyl groups excluding tert-OH is 1. The molecule has 2 atom stereocenters. The van der Waals surface area contributed by atoms with E-state index in [0.29, 0.717) is 0 Å². The highest BCUT2D eigenvalue weighted by molar-refractivity contribution is 7.82. The van der Waals surface area contributed by atoms with E-state index in [1.54, 1.807) is 19.1 Å². The van der Waals surface area contributed by atoms with Gasteiger partial charge in [0.2, 0.25) is 0 Å². The van der Waals surface area contributed by atoms with E-state index in [9.17, 15) is 14.2 Å². The molecule has 0 saturated carbocycles. The maximum Gasteiger partial charge on any atom is 0.284 e. The average molecular weight is 277 g/mol. The second kappa shape index (κ2) is 5.45. The molecular weight excluding hydrogens is 260 g/mol. The minimum Gasteiger partial charge on any atom is -0.375 e. The summed E-state index contributed by atoms with van der Waals surface area (Å²) in [4.78, 5) is 3.93. The Morgan fingerprint density at radius 3 is 2.47 bits per heavy atom. The molecule has 5 nitrogen and oxygen atoms in total. The number of aliphatic hydroxyl groups is 1. The summed E-state index contributed by atoms with van der Waals surface area (Å²) in [6.07, 6.45) is 1.46. The van der Waals surface area contributed by atoms with E-state index in [2.05, 4.69) is 4.98 Å². The standard InChI is InChI=1S/C10H17NO4P2/c1-4-15-17(14,10(12)16(2,3)13)9-7-5-6-8-11-9/h5-8,10,12H,4H2,1-3H3. The van der Waals surface area contributed by atoms with Gasteiger partial charge in [-0.05, 0) is 32.4 Å². The Morgan fingerprint density at radius 1 is 1.41 bits per heavy atom. The maximum atomic E-state index is 12.7. The summed E-state index contributed by atoms with van der Waals surface area (Å²) in [5.41, 5.74) is -1.36. The molecule has 0 bridgehead atoms. The predicted octanol–water partition coefficient (Wildman–Crippen LogP) is 1.92. The van der Waals surface area contributed by atoms with E-state index in [0.717, 1.165) is 0 Å². The fourth-order valence-corrected chi connectivity index (χ4v) is 6.24. The van der Waals surface area contributed by atoms with Gasteiger partial charge in [-0.2, -0.15) is 0 Å². The molecule has 1 heterocycles. The molecule has 0 aliphatic carbocycles. The van der Waals surface area contributed by atoms with Gasteiger partial charge >= 0.3 is 0 Å². The molecule has 17 heavy (non-hydrogen) atoms. The monoisotopic (exact) mass is 277 g/mol. The Balaban J connectivity index is 3.25. The van der Waals surface area contributed by atoms with Crippen LogP contribution in [0.3, 0.4) is 0 Å². The molecule has 0 amide bonds. The lowest BCUT2D eigenvalue weighted by Crippen LogP contribution is -2.21. The summed E-state index contributed by atoms with van der Waals surface area (Å²) in [6.45, 7) is 4.59. The van der Waals surface area contributed by atoms with Gasteiger partial charge in [-0.3, -0.25) is 9.55 Å². The Kier molecular flexibility index (Phi) is 4.68. The van der Waals surface area contributed by atoms with E-state index < -0.39 is 20.1 Å². The van der Waals surface area contributed by atoms with Gasteiger partial charge < -0.3 is 14.2 Å². The zero-order valence-electron chi connectivity index (χ0n) is 10.1. The smallest absolute Gasteiger partial charge is 0.284 e. The van der Waals surface area contributed by atoms with Gasteiger partial charge in [-0.15, -0.1) is 0 Å². The fraction of sp³-hybridized carbons (Fsp3) is 0.500. The number of pyridine rings is 1. The van der Waals surface area contributed by atoms with E-state index in [1.807, 2.05) is 0 Å². The third-order valence-corrected chi connectivity index (χ3v) is 8.00. The highest BCUT2D eigenvalue weighted by Crippen LogP contribution is 2.63. The van der Waals surface area contributed by atoms with Crippen molar-refractivity contribution < 1.29 is 18.8 Å². The Morgan fingerprint density at radius 2 is 2.06 bits per heavy atom. The second-order valence-corrected chi connectivity index (χ2v) is 10.1. The average Bonchev–Trinajstić information content (AvgIpc) is 2.28. The predicted molar refractivity (Wildman–Crippen MR) is 68.6 cm³/mol. The summed E-state index contributed by atoms with van der Waals surface area (Å²) < 4.78 is 29.7. The Bertz CT molecular complexity index is 457. The van der Waals surface area contributed by atoms with Crippen LogP contribution in [0.2, 0.25) is 0 Å². The SMILES string of the molecule is CCOP(=O)(c1ccccn1)C(O)P(C)(C)=O. The van der Waals surface area contributed by atoms with Crippen molar-refractivity contribution in [1.82, 2.24) is 4.98 Å². The quantitative estimate of drug-likeness (QED) is 0.832. The van der Waals surface area contributed by atoms with Gasteiger partial charge in [0.25, 0.3) is 7.37 Å². The van der Waals surface area contributed by atoms with Gasteiger partial charge in [-0.25, -0.2) is 0 Å². The highest BCUT2D eigenvalue weighted by atomic mass is 31.2. The molecule has 1 aromatic heterocycles. The summed E-state index contributed by atoms with van der Waals surface area (Å²) in [5, 5.41) is 10.00. The number of hydrogen-bond acceptors (Lipinski definition) is 5. The fourth-order valence-electron chi connectivity index (χ4n) is 1.35. The van der Waals surface area contributed by atoms with Gasteiger partial charge in [0.1, 0.15) is 12.6 Å². The zero-order chi connectivity index (χ0) is 13.1. The number of rotatable bonds is 5. The van der Waals surface area contributed by atoms with Crippen LogP contribution in [-0.4, -0.2) is 35.6 Å². The van der Waals surface area contributed by atoms with Crippen LogP contribution in [0, 0.1) is 0 Å². The van der Waals surface area contributed by atoms with Gasteiger partial charge in [0.05, 0.1) is 6.61 Å². The van der Waals surface area contributed by atoms with Crippen LogP contribution in [-0.2, 0) is 13.7 Å². The Labute approximate surface area is 101 Å². The van der Waals surface area contributed by atoms with Crippen molar-refractivity contribution in [2.75, 3.05) is 19.9 Å². The van der Waals surface area contributed by atoms with Crippen molar-refractivity contribution >= 4 is 19.9 Å². The first-order chi connectivity index (χ1) is 7.82. The first-order valence-electron chi connectivity index (χ1n) is 5.21. The molecule has 1 aromatic rings. The van der Waals surface area contributed by atoms with Gasteiger partial charge in [-0.1, -0.05) is 6.07 Å². The van der Waals surface area contributed by atoms with Crippen molar-refractivity contribution in [1.29, 1.82) is 0 Å². The largest absolute Gasteiger partial charge is 0.375 e. The van der Waals surface area contributed by atoms with Crippen LogP contribution in [0.15, 0.2) is 24.4 Å². The van der Waals surface area contributed by atoms with Crippen molar-refractivity contribution in [3.8, 4) is 0 Å². The van der Waals surface area contributed by atoms with Crippen LogP contribution in [0.1, 0.15) is 6.92 Å². The summed E-state index contributed by atoms with van der Waals surface area (Å²) in [6, 6.07) is 4.83. The lowest BCUT2D eigenvalue weighted by Gasteiger charge is -2.25. The highest BCUT2D eigenvalue weighted by Gasteiger charge is 2.43. The van der Waals surface area contributed by atoms with Crippen LogP contribution < -0.4 is 5.44 Å². The van der Waals surface area contributed by atoms with Crippen molar-refractivity contribution in [2.24, 2.45) is 0 Å². The summed E-state index contributed by atoms with van der Waals surface area (Å²) in [7, 11) is -6.55. The van der Waals surface area contributed by atoms with Crippen molar-refractivity contribution in [3.63, 3.8) is 0 Å². The molecule has 7 heteroatoms. The topological polar surface area (TPSA) is 76.5 Å². The molecule has 0 spiro atoms. The van der Waals surface area contributed by atoms with E-state index in [1.165, 1.54) is 25.6 Å². The molecule has 0 saturated heterocycles. The molecule has 0 aliphatic rings. The molecule has 0 aromatic carbocycles. The number of aromatic nitrogens is 1. The molecule has 1 rings (SSSR count). The van der Waals surface area contributed by atoms with Gasteiger partial charge in [0.15, 0.2) is 5.59 Å². The first kappa shape index (κ1) is 14.6. The second-order valence-electron chi connectivity index (χ2n) is 3.98. The number of hydrogen-bond donors (Lipinski definition) is 1. The zero-order valence-corrected chi connectivity index (χ0v) is 11.9. The van der Waals surface area contributed by atoms with E-state index in [4.69, 9.17) is 4.52 Å². The number of nitrogens with zero attached hydrogens (tertiary/aromatic N) is 1. The molecule has 2 unspecified atom stereocenters. The minimum absolute atomic E-state index is 0.151. The summed E-state index contributed by atoms with van der Waals surface area (Å²) in [5.74, 6) is 0. The molecular formula is C10H17NO4P2. The molecule has 0 radical (unpaired) electrons. The van der Waals surface area contributed by atoms with E-state index >= 15 is 0 Å². The summed E-state index contributed by atoms with van der Waals surface area (Å²) >= 11 is 0.